The van der Waals surface area contributed by atoms with Gasteiger partial charge in [-0.05, 0) is 12.1 Å². The predicted octanol–water partition coefficient (Wildman–Crippen LogP) is 2.06. The topological polar surface area (TPSA) is 101 Å². The highest BCUT2D eigenvalue weighted by molar-refractivity contribution is 6.33. The lowest BCUT2D eigenvalue weighted by molar-refractivity contribution is 0.993. The van der Waals surface area contributed by atoms with Gasteiger partial charge in [-0.2, -0.15) is 10.2 Å². The van der Waals surface area contributed by atoms with Crippen LogP contribution in [-0.2, 0) is 0 Å². The van der Waals surface area contributed by atoms with Crippen molar-refractivity contribution in [2.45, 2.75) is 0 Å². The maximum Gasteiger partial charge on any atom is 0.234 e. The van der Waals surface area contributed by atoms with Gasteiger partial charge in [-0.1, -0.05) is 23.2 Å². The Balaban J connectivity index is 1.93. The van der Waals surface area contributed by atoms with Gasteiger partial charge in [0.2, 0.25) is 5.96 Å². The lowest BCUT2D eigenvalue weighted by Crippen LogP contribution is -2.26. The predicted molar refractivity (Wildman–Crippen MR) is 88.4 cm³/mol. The first-order chi connectivity index (χ1) is 10.7. The van der Waals surface area contributed by atoms with Crippen LogP contribution in [0, 0.1) is 0 Å². The van der Waals surface area contributed by atoms with Crippen LogP contribution in [0.5, 0.6) is 0 Å². The highest BCUT2D eigenvalue weighted by Gasteiger charge is 1.96. The van der Waals surface area contributed by atoms with Gasteiger partial charge in [0.25, 0.3) is 0 Å². The van der Waals surface area contributed by atoms with Crippen molar-refractivity contribution < 1.29 is 0 Å². The van der Waals surface area contributed by atoms with Crippen molar-refractivity contribution in [2.24, 2.45) is 21.0 Å². The molecular weight excluding hydrogens is 325 g/mol. The molecule has 112 valence electrons. The molecule has 0 aromatic carbocycles. The van der Waals surface area contributed by atoms with Gasteiger partial charge >= 0.3 is 0 Å². The summed E-state index contributed by atoms with van der Waals surface area (Å²) in [7, 11) is 0. The normalized spacial score (nSPS) is 12.2. The van der Waals surface area contributed by atoms with Crippen LogP contribution in [0.3, 0.4) is 0 Å². The summed E-state index contributed by atoms with van der Waals surface area (Å²) in [6.45, 7) is 0. The number of hydrogen-bond donors (Lipinski definition) is 2. The first-order valence-electron chi connectivity index (χ1n) is 6.01. The SMILES string of the molecule is N/C(=N\N=C\c1cnccc1Cl)N/N=C/c1cnccc1Cl. The minimum Gasteiger partial charge on any atom is -0.367 e. The summed E-state index contributed by atoms with van der Waals surface area (Å²) in [6.07, 6.45) is 9.21. The molecule has 0 radical (unpaired) electrons. The van der Waals surface area contributed by atoms with E-state index in [2.05, 4.69) is 30.7 Å². The lowest BCUT2D eigenvalue weighted by Gasteiger charge is -1.97. The number of hydrogen-bond acceptors (Lipinski definition) is 5. The zero-order valence-corrected chi connectivity index (χ0v) is 12.7. The number of guanidine groups is 1. The Bertz CT molecular complexity index is 728. The van der Waals surface area contributed by atoms with E-state index in [1.807, 2.05) is 0 Å². The first kappa shape index (κ1) is 15.9. The second-order valence-electron chi connectivity index (χ2n) is 3.89. The minimum atomic E-state index is 0.00697. The molecule has 22 heavy (non-hydrogen) atoms. The number of nitrogens with two attached hydrogens (primary N) is 1. The molecule has 2 aromatic rings. The third-order valence-electron chi connectivity index (χ3n) is 2.34. The summed E-state index contributed by atoms with van der Waals surface area (Å²) >= 11 is 11.9. The van der Waals surface area contributed by atoms with E-state index in [-0.39, 0.29) is 5.96 Å². The molecule has 0 fully saturated rings. The number of nitrogens with one attached hydrogen (secondary N) is 1. The van der Waals surface area contributed by atoms with Crippen molar-refractivity contribution in [1.82, 2.24) is 15.4 Å². The molecule has 7 nitrogen and oxygen atoms in total. The number of nitrogens with zero attached hydrogens (tertiary/aromatic N) is 5. The van der Waals surface area contributed by atoms with Crippen LogP contribution in [0.1, 0.15) is 11.1 Å². The molecule has 0 aliphatic carbocycles. The van der Waals surface area contributed by atoms with Crippen molar-refractivity contribution in [2.75, 3.05) is 0 Å². The van der Waals surface area contributed by atoms with Crippen molar-refractivity contribution in [3.8, 4) is 0 Å². The smallest absolute Gasteiger partial charge is 0.234 e. The van der Waals surface area contributed by atoms with E-state index in [4.69, 9.17) is 28.9 Å². The molecule has 9 heteroatoms. The zero-order chi connectivity index (χ0) is 15.8. The van der Waals surface area contributed by atoms with Gasteiger partial charge < -0.3 is 5.73 Å². The molecule has 2 rings (SSSR count). The molecular formula is C13H11Cl2N7. The van der Waals surface area contributed by atoms with Gasteiger partial charge in [0.1, 0.15) is 0 Å². The minimum absolute atomic E-state index is 0.00697. The van der Waals surface area contributed by atoms with Crippen LogP contribution in [0.2, 0.25) is 10.0 Å². The molecule has 0 aliphatic heterocycles. The summed E-state index contributed by atoms with van der Waals surface area (Å²) in [4.78, 5) is 7.85. The van der Waals surface area contributed by atoms with Crippen LogP contribution < -0.4 is 11.2 Å². The number of aromatic nitrogens is 2. The molecule has 2 aromatic heterocycles. The molecule has 0 saturated carbocycles. The fourth-order valence-corrected chi connectivity index (χ4v) is 1.62. The zero-order valence-electron chi connectivity index (χ0n) is 11.2. The van der Waals surface area contributed by atoms with Gasteiger partial charge in [-0.15, -0.1) is 5.10 Å². The Morgan fingerprint density at radius 3 is 2.23 bits per heavy atom. The van der Waals surface area contributed by atoms with E-state index in [1.54, 1.807) is 36.9 Å². The highest BCUT2D eigenvalue weighted by atomic mass is 35.5. The maximum absolute atomic E-state index is 5.94. The van der Waals surface area contributed by atoms with E-state index in [0.29, 0.717) is 21.2 Å². The molecule has 0 atom stereocenters. The van der Waals surface area contributed by atoms with Gasteiger partial charge in [-0.3, -0.25) is 9.97 Å². The molecule has 0 aliphatic rings. The Morgan fingerprint density at radius 1 is 1.05 bits per heavy atom. The number of hydrazone groups is 1. The van der Waals surface area contributed by atoms with E-state index in [0.717, 1.165) is 0 Å². The molecule has 0 unspecified atom stereocenters. The van der Waals surface area contributed by atoms with Gasteiger partial charge in [0.05, 0.1) is 22.5 Å². The number of halogens is 2. The Morgan fingerprint density at radius 2 is 1.64 bits per heavy atom. The monoisotopic (exact) mass is 335 g/mol. The molecule has 0 bridgehead atoms. The molecule has 0 spiro atoms. The van der Waals surface area contributed by atoms with Crippen molar-refractivity contribution in [3.05, 3.63) is 58.1 Å². The quantitative estimate of drug-likeness (QED) is 0.507. The van der Waals surface area contributed by atoms with E-state index in [1.165, 1.54) is 12.4 Å². The summed E-state index contributed by atoms with van der Waals surface area (Å²) in [5.41, 5.74) is 9.38. The maximum atomic E-state index is 5.94. The summed E-state index contributed by atoms with van der Waals surface area (Å²) in [5, 5.41) is 12.4. The lowest BCUT2D eigenvalue weighted by atomic mass is 10.3. The average molecular weight is 336 g/mol. The van der Waals surface area contributed by atoms with Crippen LogP contribution in [-0.4, -0.2) is 28.4 Å². The Kier molecular flexibility index (Phi) is 5.81. The molecule has 0 amide bonds. The van der Waals surface area contributed by atoms with E-state index in [9.17, 15) is 0 Å². The van der Waals surface area contributed by atoms with Crippen LogP contribution in [0.15, 0.2) is 52.2 Å². The number of rotatable bonds is 4. The second kappa shape index (κ2) is 8.06. The number of pyridine rings is 2. The fraction of sp³-hybridized carbons (Fsp3) is 0. The standard InChI is InChI=1S/C13H11Cl2N7/c14-11-1-3-17-5-9(11)7-19-21-13(16)22-20-8-10-6-18-4-2-12(10)15/h1-8H,(H3,16,21,22)/b19-7+,20-8+. The highest BCUT2D eigenvalue weighted by Crippen LogP contribution is 2.11. The summed E-state index contributed by atoms with van der Waals surface area (Å²) < 4.78 is 0. The molecule has 0 saturated heterocycles. The van der Waals surface area contributed by atoms with Gasteiger partial charge in [0.15, 0.2) is 0 Å². The molecule has 3 N–H and O–H groups in total. The average Bonchev–Trinajstić information content (AvgIpc) is 2.51. The van der Waals surface area contributed by atoms with Gasteiger partial charge in [-0.25, -0.2) is 5.43 Å². The van der Waals surface area contributed by atoms with Crippen molar-refractivity contribution >= 4 is 41.6 Å². The van der Waals surface area contributed by atoms with Crippen LogP contribution in [0.4, 0.5) is 0 Å². The van der Waals surface area contributed by atoms with Crippen LogP contribution >= 0.6 is 23.2 Å². The van der Waals surface area contributed by atoms with Gasteiger partial charge in [0, 0.05) is 35.9 Å². The Labute approximate surface area is 136 Å². The summed E-state index contributed by atoms with van der Waals surface area (Å²) in [6, 6.07) is 3.30. The van der Waals surface area contributed by atoms with E-state index >= 15 is 0 Å². The first-order valence-corrected chi connectivity index (χ1v) is 6.77. The third-order valence-corrected chi connectivity index (χ3v) is 3.03. The fourth-order valence-electron chi connectivity index (χ4n) is 1.31. The third kappa shape index (κ3) is 4.80. The Hall–Kier alpha value is -2.51. The second-order valence-corrected chi connectivity index (χ2v) is 4.71. The summed E-state index contributed by atoms with van der Waals surface area (Å²) in [5.74, 6) is 0.00697. The van der Waals surface area contributed by atoms with E-state index < -0.39 is 0 Å². The van der Waals surface area contributed by atoms with Crippen molar-refractivity contribution in [1.29, 1.82) is 0 Å². The van der Waals surface area contributed by atoms with Crippen LogP contribution in [0.25, 0.3) is 0 Å². The molecule has 2 heterocycles. The van der Waals surface area contributed by atoms with Crippen molar-refractivity contribution in [3.63, 3.8) is 0 Å². The largest absolute Gasteiger partial charge is 0.367 e.